The van der Waals surface area contributed by atoms with Gasteiger partial charge in [0.2, 0.25) is 0 Å². The first-order valence-electron chi connectivity index (χ1n) is 5.41. The van der Waals surface area contributed by atoms with Crippen LogP contribution in [0.25, 0.3) is 0 Å². The van der Waals surface area contributed by atoms with Gasteiger partial charge in [-0.2, -0.15) is 0 Å². The summed E-state index contributed by atoms with van der Waals surface area (Å²) in [5, 5.41) is 0.524. The van der Waals surface area contributed by atoms with Crippen molar-refractivity contribution in [1.82, 2.24) is 0 Å². The molecule has 0 heterocycles. The molecule has 0 bridgehead atoms. The summed E-state index contributed by atoms with van der Waals surface area (Å²) in [5.74, 6) is -0.479. The molecule has 100 valence electrons. The molecule has 0 amide bonds. The molecule has 19 heavy (non-hydrogen) atoms. The van der Waals surface area contributed by atoms with Gasteiger partial charge in [0.15, 0.2) is 0 Å². The fourth-order valence-corrected chi connectivity index (χ4v) is 2.88. The third-order valence-corrected chi connectivity index (χ3v) is 4.71. The molecule has 6 heteroatoms. The Morgan fingerprint density at radius 1 is 1.00 bits per heavy atom. The summed E-state index contributed by atoms with van der Waals surface area (Å²) in [6.45, 7) is 0. The second kappa shape index (κ2) is 5.19. The van der Waals surface area contributed by atoms with Crippen molar-refractivity contribution in [3.8, 4) is 0 Å². The van der Waals surface area contributed by atoms with Crippen molar-refractivity contribution in [2.45, 2.75) is 4.90 Å². The van der Waals surface area contributed by atoms with E-state index in [2.05, 4.69) is 0 Å². The Bertz CT molecular complexity index is 669. The Morgan fingerprint density at radius 2 is 1.53 bits per heavy atom. The quantitative estimate of drug-likeness (QED) is 0.872. The number of rotatable bonds is 3. The topological polar surface area (TPSA) is 37.4 Å². The fourth-order valence-electron chi connectivity index (χ4n) is 1.55. The largest absolute Gasteiger partial charge is 0.269 e. The van der Waals surface area contributed by atoms with Crippen molar-refractivity contribution in [1.29, 1.82) is 0 Å². The van der Waals surface area contributed by atoms with Crippen LogP contribution in [0.1, 0.15) is 0 Å². The highest BCUT2D eigenvalue weighted by atomic mass is 35.5. The number of sulfonamides is 1. The normalized spacial score (nSPS) is 11.3. The van der Waals surface area contributed by atoms with Crippen LogP contribution < -0.4 is 4.31 Å². The van der Waals surface area contributed by atoms with Crippen molar-refractivity contribution in [2.75, 3.05) is 11.4 Å². The van der Waals surface area contributed by atoms with Gasteiger partial charge in [-0.15, -0.1) is 0 Å². The van der Waals surface area contributed by atoms with Gasteiger partial charge in [-0.25, -0.2) is 12.8 Å². The number of halogens is 2. The third-order valence-electron chi connectivity index (χ3n) is 2.66. The highest BCUT2D eigenvalue weighted by Crippen LogP contribution is 2.23. The molecule has 0 aliphatic carbocycles. The number of hydrogen-bond acceptors (Lipinski definition) is 2. The van der Waals surface area contributed by atoms with Crippen molar-refractivity contribution in [2.24, 2.45) is 0 Å². The molecule has 0 aliphatic rings. The maximum absolute atomic E-state index is 12.8. The summed E-state index contributed by atoms with van der Waals surface area (Å²) in [5.41, 5.74) is 0.480. The Kier molecular flexibility index (Phi) is 3.78. The first kappa shape index (κ1) is 13.8. The van der Waals surface area contributed by atoms with E-state index < -0.39 is 15.8 Å². The maximum Gasteiger partial charge on any atom is 0.264 e. The predicted molar refractivity (Wildman–Crippen MR) is 73.4 cm³/mol. The van der Waals surface area contributed by atoms with Crippen LogP contribution in [0.4, 0.5) is 10.1 Å². The summed E-state index contributed by atoms with van der Waals surface area (Å²) >= 11 is 5.76. The minimum atomic E-state index is -3.70. The van der Waals surface area contributed by atoms with Crippen LogP contribution >= 0.6 is 11.6 Å². The number of nitrogens with zero attached hydrogens (tertiary/aromatic N) is 1. The lowest BCUT2D eigenvalue weighted by Gasteiger charge is -2.19. The van der Waals surface area contributed by atoms with Gasteiger partial charge in [0.25, 0.3) is 10.0 Å². The molecule has 0 saturated carbocycles. The van der Waals surface area contributed by atoms with Crippen molar-refractivity contribution in [3.63, 3.8) is 0 Å². The molecule has 2 aromatic carbocycles. The highest BCUT2D eigenvalue weighted by Gasteiger charge is 2.21. The molecule has 2 rings (SSSR count). The summed E-state index contributed by atoms with van der Waals surface area (Å²) in [4.78, 5) is 0.0337. The molecule has 0 unspecified atom stereocenters. The Morgan fingerprint density at radius 3 is 2.05 bits per heavy atom. The highest BCUT2D eigenvalue weighted by molar-refractivity contribution is 7.92. The molecule has 0 atom stereocenters. The van der Waals surface area contributed by atoms with Crippen LogP contribution in [0.5, 0.6) is 0 Å². The van der Waals surface area contributed by atoms with E-state index in [-0.39, 0.29) is 4.90 Å². The van der Waals surface area contributed by atoms with E-state index >= 15 is 0 Å². The zero-order valence-electron chi connectivity index (χ0n) is 10.0. The van der Waals surface area contributed by atoms with Gasteiger partial charge in [0.05, 0.1) is 10.6 Å². The molecule has 0 radical (unpaired) electrons. The van der Waals surface area contributed by atoms with Gasteiger partial charge in [0.1, 0.15) is 5.82 Å². The predicted octanol–water partition coefficient (Wildman–Crippen LogP) is 3.30. The van der Waals surface area contributed by atoms with E-state index in [1.54, 1.807) is 24.3 Å². The van der Waals surface area contributed by atoms with E-state index in [1.165, 1.54) is 19.2 Å². The molecule has 0 aromatic heterocycles. The fraction of sp³-hybridized carbons (Fsp3) is 0.0769. The summed E-state index contributed by atoms with van der Waals surface area (Å²) in [6, 6.07) is 11.1. The van der Waals surface area contributed by atoms with E-state index in [1.807, 2.05) is 0 Å². The SMILES string of the molecule is CN(c1ccc(Cl)cc1)S(=O)(=O)c1ccc(F)cc1. The van der Waals surface area contributed by atoms with Gasteiger partial charge in [-0.3, -0.25) is 4.31 Å². The molecular formula is C13H11ClFNO2S. The number of benzene rings is 2. The monoisotopic (exact) mass is 299 g/mol. The average Bonchev–Trinajstić information content (AvgIpc) is 2.39. The van der Waals surface area contributed by atoms with Gasteiger partial charge in [0, 0.05) is 12.1 Å². The van der Waals surface area contributed by atoms with Gasteiger partial charge < -0.3 is 0 Å². The zero-order chi connectivity index (χ0) is 14.0. The van der Waals surface area contributed by atoms with E-state index in [4.69, 9.17) is 11.6 Å². The van der Waals surface area contributed by atoms with Crippen molar-refractivity contribution >= 4 is 27.3 Å². The second-order valence-electron chi connectivity index (χ2n) is 3.90. The Hall–Kier alpha value is -1.59. The van der Waals surface area contributed by atoms with Crippen LogP contribution in [0.15, 0.2) is 53.4 Å². The third kappa shape index (κ3) is 2.88. The first-order valence-corrected chi connectivity index (χ1v) is 7.23. The maximum atomic E-state index is 12.8. The van der Waals surface area contributed by atoms with Crippen molar-refractivity contribution < 1.29 is 12.8 Å². The second-order valence-corrected chi connectivity index (χ2v) is 6.31. The minimum Gasteiger partial charge on any atom is -0.269 e. The smallest absolute Gasteiger partial charge is 0.264 e. The van der Waals surface area contributed by atoms with Gasteiger partial charge in [-0.05, 0) is 48.5 Å². The molecule has 3 nitrogen and oxygen atoms in total. The standard InChI is InChI=1S/C13H11ClFNO2S/c1-16(12-6-2-10(14)3-7-12)19(17,18)13-8-4-11(15)5-9-13/h2-9H,1H3. The summed E-state index contributed by atoms with van der Waals surface area (Å²) in [6.07, 6.45) is 0. The molecule has 0 fully saturated rings. The zero-order valence-corrected chi connectivity index (χ0v) is 11.6. The summed E-state index contributed by atoms with van der Waals surface area (Å²) in [7, 11) is -2.27. The van der Waals surface area contributed by atoms with Crippen molar-refractivity contribution in [3.05, 3.63) is 59.4 Å². The molecule has 0 saturated heterocycles. The van der Waals surface area contributed by atoms with Crippen LogP contribution in [-0.4, -0.2) is 15.5 Å². The van der Waals surface area contributed by atoms with E-state index in [0.29, 0.717) is 10.7 Å². The molecular weight excluding hydrogens is 289 g/mol. The minimum absolute atomic E-state index is 0.0337. The van der Waals surface area contributed by atoms with Crippen LogP contribution in [0.2, 0.25) is 5.02 Å². The Balaban J connectivity index is 2.39. The molecule has 0 spiro atoms. The molecule has 0 N–H and O–H groups in total. The average molecular weight is 300 g/mol. The number of anilines is 1. The Labute approximate surface area is 116 Å². The molecule has 2 aromatic rings. The van der Waals surface area contributed by atoms with E-state index in [9.17, 15) is 12.8 Å². The van der Waals surface area contributed by atoms with Crippen LogP contribution in [0, 0.1) is 5.82 Å². The van der Waals surface area contributed by atoms with Gasteiger partial charge in [-0.1, -0.05) is 11.6 Å². The van der Waals surface area contributed by atoms with Crippen LogP contribution in [0.3, 0.4) is 0 Å². The van der Waals surface area contributed by atoms with E-state index in [0.717, 1.165) is 16.4 Å². The van der Waals surface area contributed by atoms with Gasteiger partial charge >= 0.3 is 0 Å². The lowest BCUT2D eigenvalue weighted by atomic mass is 10.3. The number of hydrogen-bond donors (Lipinski definition) is 0. The first-order chi connectivity index (χ1) is 8.91. The van der Waals surface area contributed by atoms with Crippen LogP contribution in [-0.2, 0) is 10.0 Å². The lowest BCUT2D eigenvalue weighted by Crippen LogP contribution is -2.26. The summed E-state index contributed by atoms with van der Waals surface area (Å²) < 4.78 is 38.5. The lowest BCUT2D eigenvalue weighted by molar-refractivity contribution is 0.593. The molecule has 0 aliphatic heterocycles.